The quantitative estimate of drug-likeness (QED) is 0.716. The minimum atomic E-state index is -0.134. The summed E-state index contributed by atoms with van der Waals surface area (Å²) in [6, 6.07) is 14.2. The summed E-state index contributed by atoms with van der Waals surface area (Å²) in [7, 11) is 0. The molecule has 0 radical (unpaired) electrons. The van der Waals surface area contributed by atoms with Crippen LogP contribution in [-0.4, -0.2) is 18.2 Å². The van der Waals surface area contributed by atoms with Crippen LogP contribution >= 0.6 is 17.0 Å². The number of piperidine rings is 1. The largest absolute Gasteiger partial charge is 0.383 e. The molecule has 0 unspecified atom stereocenters. The summed E-state index contributed by atoms with van der Waals surface area (Å²) in [5, 5.41) is 8.12. The first-order chi connectivity index (χ1) is 10.8. The van der Waals surface area contributed by atoms with Crippen molar-refractivity contribution in [3.63, 3.8) is 0 Å². The van der Waals surface area contributed by atoms with Crippen LogP contribution in [0.15, 0.2) is 51.8 Å². The van der Waals surface area contributed by atoms with Gasteiger partial charge in [0.2, 0.25) is 0 Å². The molecule has 2 heterocycles. The fraction of sp³-hybridized carbons (Fsp3) is 0.278. The molecule has 0 aliphatic carbocycles. The number of H-pyrrole nitrogens is 1. The third kappa shape index (κ3) is 2.86. The van der Waals surface area contributed by atoms with Gasteiger partial charge in [0.25, 0.3) is 5.56 Å². The zero-order chi connectivity index (χ0) is 14.9. The Hall–Kier alpha value is -1.85. The van der Waals surface area contributed by atoms with Gasteiger partial charge in [-0.2, -0.15) is 5.16 Å². The van der Waals surface area contributed by atoms with Gasteiger partial charge in [0, 0.05) is 5.92 Å². The maximum Gasteiger partial charge on any atom is 0.288 e. The second-order valence-electron chi connectivity index (χ2n) is 5.82. The van der Waals surface area contributed by atoms with Crippen LogP contribution in [0.5, 0.6) is 0 Å². The highest BCUT2D eigenvalue weighted by Gasteiger charge is 2.25. The second-order valence-corrected chi connectivity index (χ2v) is 5.82. The lowest BCUT2D eigenvalue weighted by atomic mass is 9.89. The molecule has 3 aromatic rings. The highest BCUT2D eigenvalue weighted by Crippen LogP contribution is 2.35. The van der Waals surface area contributed by atoms with Crippen molar-refractivity contribution in [2.75, 3.05) is 13.1 Å². The van der Waals surface area contributed by atoms with E-state index < -0.39 is 0 Å². The van der Waals surface area contributed by atoms with Crippen molar-refractivity contribution in [3.8, 4) is 11.1 Å². The van der Waals surface area contributed by atoms with E-state index in [2.05, 4.69) is 28.7 Å². The molecule has 1 fully saturated rings. The normalized spacial score (nSPS) is 15.5. The van der Waals surface area contributed by atoms with Crippen molar-refractivity contribution in [2.45, 2.75) is 18.8 Å². The first kappa shape index (κ1) is 16.0. The SMILES string of the molecule is Br.O=c1[nH]oc(C2CCNCC2)c1-c1cccc2ccccc12. The average Bonchev–Trinajstić information content (AvgIpc) is 2.96. The molecule has 0 spiro atoms. The van der Waals surface area contributed by atoms with Crippen molar-refractivity contribution in [1.29, 1.82) is 0 Å². The zero-order valence-corrected chi connectivity index (χ0v) is 14.4. The number of halogens is 1. The van der Waals surface area contributed by atoms with Crippen LogP contribution in [0.25, 0.3) is 21.9 Å². The summed E-state index contributed by atoms with van der Waals surface area (Å²) in [6.07, 6.45) is 2.00. The zero-order valence-electron chi connectivity index (χ0n) is 12.7. The lowest BCUT2D eigenvalue weighted by molar-refractivity contribution is 0.326. The van der Waals surface area contributed by atoms with Gasteiger partial charge in [-0.25, -0.2) is 0 Å². The van der Waals surface area contributed by atoms with E-state index >= 15 is 0 Å². The number of hydrogen-bond acceptors (Lipinski definition) is 3. The number of hydrogen-bond donors (Lipinski definition) is 2. The van der Waals surface area contributed by atoms with Gasteiger partial charge in [0.15, 0.2) is 0 Å². The maximum absolute atomic E-state index is 12.4. The Morgan fingerprint density at radius 2 is 1.74 bits per heavy atom. The Morgan fingerprint density at radius 3 is 2.57 bits per heavy atom. The molecule has 1 saturated heterocycles. The molecule has 0 saturated carbocycles. The second kappa shape index (κ2) is 6.72. The van der Waals surface area contributed by atoms with E-state index in [0.717, 1.165) is 48.0 Å². The van der Waals surface area contributed by atoms with Crippen LogP contribution in [0.4, 0.5) is 0 Å². The molecule has 2 N–H and O–H groups in total. The van der Waals surface area contributed by atoms with Crippen molar-refractivity contribution < 1.29 is 4.52 Å². The molecule has 1 aliphatic rings. The molecule has 1 aromatic heterocycles. The fourth-order valence-electron chi connectivity index (χ4n) is 3.39. The highest BCUT2D eigenvalue weighted by atomic mass is 79.9. The number of aromatic amines is 1. The van der Waals surface area contributed by atoms with Crippen molar-refractivity contribution in [3.05, 3.63) is 58.6 Å². The highest BCUT2D eigenvalue weighted by molar-refractivity contribution is 8.93. The van der Waals surface area contributed by atoms with E-state index in [0.29, 0.717) is 11.5 Å². The van der Waals surface area contributed by atoms with E-state index in [1.165, 1.54) is 0 Å². The van der Waals surface area contributed by atoms with Gasteiger partial charge >= 0.3 is 0 Å². The number of fused-ring (bicyclic) bond motifs is 1. The van der Waals surface area contributed by atoms with E-state index in [9.17, 15) is 4.79 Å². The minimum absolute atomic E-state index is 0. The summed E-state index contributed by atoms with van der Waals surface area (Å²) in [6.45, 7) is 1.93. The first-order valence-electron chi connectivity index (χ1n) is 7.75. The van der Waals surface area contributed by atoms with Gasteiger partial charge in [-0.05, 0) is 42.3 Å². The first-order valence-corrected chi connectivity index (χ1v) is 7.75. The van der Waals surface area contributed by atoms with Gasteiger partial charge in [0.1, 0.15) is 5.76 Å². The van der Waals surface area contributed by atoms with Gasteiger partial charge < -0.3 is 9.84 Å². The Bertz CT molecular complexity index is 857. The van der Waals surface area contributed by atoms with Crippen LogP contribution in [0.2, 0.25) is 0 Å². The van der Waals surface area contributed by atoms with Crippen molar-refractivity contribution in [2.24, 2.45) is 0 Å². The van der Waals surface area contributed by atoms with E-state index in [1.54, 1.807) is 0 Å². The Balaban J connectivity index is 0.00000156. The molecule has 23 heavy (non-hydrogen) atoms. The average molecular weight is 375 g/mol. The summed E-state index contributed by atoms with van der Waals surface area (Å²) in [5.74, 6) is 1.11. The molecule has 4 rings (SSSR count). The lowest BCUT2D eigenvalue weighted by Gasteiger charge is -2.21. The Labute approximate surface area is 144 Å². The van der Waals surface area contributed by atoms with Gasteiger partial charge in [-0.15, -0.1) is 17.0 Å². The molecule has 120 valence electrons. The van der Waals surface area contributed by atoms with E-state index in [1.807, 2.05) is 24.3 Å². The summed E-state index contributed by atoms with van der Waals surface area (Å²) >= 11 is 0. The predicted molar refractivity (Wildman–Crippen MR) is 97.4 cm³/mol. The third-order valence-electron chi connectivity index (χ3n) is 4.50. The van der Waals surface area contributed by atoms with Crippen LogP contribution < -0.4 is 10.9 Å². The van der Waals surface area contributed by atoms with E-state index in [-0.39, 0.29) is 22.5 Å². The topological polar surface area (TPSA) is 58.0 Å². The van der Waals surface area contributed by atoms with Gasteiger partial charge in [0.05, 0.1) is 5.56 Å². The summed E-state index contributed by atoms with van der Waals surface area (Å²) in [5.41, 5.74) is 1.52. The minimum Gasteiger partial charge on any atom is -0.383 e. The Kier molecular flexibility index (Phi) is 4.68. The number of benzene rings is 2. The number of rotatable bonds is 2. The molecule has 4 nitrogen and oxygen atoms in total. The van der Waals surface area contributed by atoms with Crippen molar-refractivity contribution in [1.82, 2.24) is 10.5 Å². The van der Waals surface area contributed by atoms with Crippen molar-refractivity contribution >= 4 is 27.8 Å². The number of nitrogens with one attached hydrogen (secondary N) is 2. The van der Waals surface area contributed by atoms with Crippen LogP contribution in [0.1, 0.15) is 24.5 Å². The molecular weight excluding hydrogens is 356 g/mol. The summed E-state index contributed by atoms with van der Waals surface area (Å²) < 4.78 is 5.57. The van der Waals surface area contributed by atoms with Gasteiger partial charge in [-0.1, -0.05) is 42.5 Å². The molecular formula is C18H19BrN2O2. The Morgan fingerprint density at radius 1 is 1.00 bits per heavy atom. The van der Waals surface area contributed by atoms with E-state index in [4.69, 9.17) is 4.52 Å². The summed E-state index contributed by atoms with van der Waals surface area (Å²) in [4.78, 5) is 12.4. The molecule has 0 bridgehead atoms. The maximum atomic E-state index is 12.4. The van der Waals surface area contributed by atoms with Crippen LogP contribution in [0, 0.1) is 0 Å². The standard InChI is InChI=1S/C18H18N2O2.BrH/c21-18-16(17(22-20-18)13-8-10-19-11-9-13)15-7-3-5-12-4-1-2-6-14(12)15;/h1-7,13,19H,8-11H2,(H,20,21);1H. The number of aromatic nitrogens is 1. The molecule has 5 heteroatoms. The predicted octanol–water partition coefficient (Wildman–Crippen LogP) is 3.83. The molecule has 2 aromatic carbocycles. The van der Waals surface area contributed by atoms with Crippen LogP contribution in [0.3, 0.4) is 0 Å². The monoisotopic (exact) mass is 374 g/mol. The smallest absolute Gasteiger partial charge is 0.288 e. The molecule has 0 amide bonds. The van der Waals surface area contributed by atoms with Gasteiger partial charge in [-0.3, -0.25) is 4.79 Å². The molecule has 1 aliphatic heterocycles. The molecule has 0 atom stereocenters. The third-order valence-corrected chi connectivity index (χ3v) is 4.50. The lowest BCUT2D eigenvalue weighted by Crippen LogP contribution is -2.26. The van der Waals surface area contributed by atoms with Crippen LogP contribution in [-0.2, 0) is 0 Å². The fourth-order valence-corrected chi connectivity index (χ4v) is 3.39.